The summed E-state index contributed by atoms with van der Waals surface area (Å²) in [6.07, 6.45) is 0. The van der Waals surface area contributed by atoms with E-state index in [1.165, 1.54) is 38.3 Å². The van der Waals surface area contributed by atoms with E-state index in [1.807, 2.05) is 0 Å². The molecule has 9 heteroatoms. The van der Waals surface area contributed by atoms with Gasteiger partial charge in [-0.3, -0.25) is 4.79 Å². The van der Waals surface area contributed by atoms with Gasteiger partial charge in [-0.05, 0) is 24.3 Å². The van der Waals surface area contributed by atoms with Crippen LogP contribution in [0.25, 0.3) is 11.0 Å². The molecular weight excluding hydrogens is 406 g/mol. The molecule has 4 rings (SSSR count). The largest absolute Gasteiger partial charge is 0.493 e. The second-order valence-corrected chi connectivity index (χ2v) is 6.76. The van der Waals surface area contributed by atoms with Crippen molar-refractivity contribution >= 4 is 28.5 Å². The number of rotatable bonds is 5. The molecule has 1 aliphatic rings. The molecule has 0 fully saturated rings. The quantitative estimate of drug-likeness (QED) is 0.490. The Bertz CT molecular complexity index is 1210. The molecule has 3 aromatic rings. The first-order chi connectivity index (χ1) is 14.9. The summed E-state index contributed by atoms with van der Waals surface area (Å²) >= 11 is 0. The van der Waals surface area contributed by atoms with E-state index in [-0.39, 0.29) is 23.7 Å². The van der Waals surface area contributed by atoms with Crippen LogP contribution in [-0.2, 0) is 16.1 Å². The molecule has 31 heavy (non-hydrogen) atoms. The molecule has 1 amide bonds. The van der Waals surface area contributed by atoms with E-state index in [2.05, 4.69) is 5.32 Å². The second-order valence-electron chi connectivity index (χ2n) is 6.76. The molecule has 0 atom stereocenters. The average Bonchev–Trinajstić information content (AvgIpc) is 2.75. The van der Waals surface area contributed by atoms with Crippen molar-refractivity contribution in [1.82, 2.24) is 0 Å². The number of hydrogen-bond acceptors (Lipinski definition) is 8. The fourth-order valence-electron chi connectivity index (χ4n) is 3.25. The molecule has 0 spiro atoms. The van der Waals surface area contributed by atoms with Crippen molar-refractivity contribution in [3.63, 3.8) is 0 Å². The molecule has 0 unspecified atom stereocenters. The lowest BCUT2D eigenvalue weighted by Crippen LogP contribution is -2.17. The Hall–Kier alpha value is -4.01. The summed E-state index contributed by atoms with van der Waals surface area (Å²) in [5.74, 6) is 0.328. The molecule has 0 bridgehead atoms. The highest BCUT2D eigenvalue weighted by atomic mass is 16.6. The Labute approximate surface area is 176 Å². The molecule has 9 nitrogen and oxygen atoms in total. The van der Waals surface area contributed by atoms with Crippen molar-refractivity contribution in [3.05, 3.63) is 57.9 Å². The molecule has 0 radical (unpaired) electrons. The highest BCUT2D eigenvalue weighted by molar-refractivity contribution is 5.93. The van der Waals surface area contributed by atoms with Crippen molar-refractivity contribution < 1.29 is 33.0 Å². The zero-order chi connectivity index (χ0) is 22.0. The Kier molecular flexibility index (Phi) is 5.48. The number of carbonyl (C=O) groups is 2. The Morgan fingerprint density at radius 1 is 1.10 bits per heavy atom. The molecule has 1 aromatic heterocycles. The van der Waals surface area contributed by atoms with Gasteiger partial charge in [0.05, 0.1) is 12.7 Å². The minimum atomic E-state index is -0.619. The van der Waals surface area contributed by atoms with Crippen molar-refractivity contribution in [1.29, 1.82) is 0 Å². The van der Waals surface area contributed by atoms with Crippen LogP contribution in [0.4, 0.5) is 5.69 Å². The number of ether oxygens (including phenoxy) is 4. The van der Waals surface area contributed by atoms with Gasteiger partial charge in [-0.2, -0.15) is 0 Å². The predicted octanol–water partition coefficient (Wildman–Crippen LogP) is 2.89. The van der Waals surface area contributed by atoms with Gasteiger partial charge in [0.1, 0.15) is 25.4 Å². The van der Waals surface area contributed by atoms with Crippen LogP contribution in [0.15, 0.2) is 45.6 Å². The topological polar surface area (TPSA) is 113 Å². The SMILES string of the molecule is COc1cc(C(=O)OCc2cc(=O)oc3cc(NC(C)=O)ccc23)cc2c1OCCO2. The third-order valence-corrected chi connectivity index (χ3v) is 4.57. The number of anilines is 1. The first kappa shape index (κ1) is 20.3. The van der Waals surface area contributed by atoms with Gasteiger partial charge in [-0.25, -0.2) is 9.59 Å². The van der Waals surface area contributed by atoms with Gasteiger partial charge in [-0.15, -0.1) is 0 Å². The standard InChI is InChI=1S/C22H19NO8/c1-12(24)23-15-3-4-16-14(9-20(25)31-17(16)10-15)11-30-22(26)13-7-18(27-2)21-19(8-13)28-5-6-29-21/h3-4,7-10H,5-6,11H2,1-2H3,(H,23,24). The summed E-state index contributed by atoms with van der Waals surface area (Å²) in [6, 6.07) is 9.18. The summed E-state index contributed by atoms with van der Waals surface area (Å²) in [4.78, 5) is 35.8. The van der Waals surface area contributed by atoms with Crippen molar-refractivity contribution in [3.8, 4) is 17.2 Å². The second kappa shape index (κ2) is 8.39. The van der Waals surface area contributed by atoms with E-state index in [4.69, 9.17) is 23.4 Å². The van der Waals surface area contributed by atoms with Gasteiger partial charge in [0.2, 0.25) is 11.7 Å². The fourth-order valence-corrected chi connectivity index (χ4v) is 3.25. The number of nitrogens with one attached hydrogen (secondary N) is 1. The van der Waals surface area contributed by atoms with Gasteiger partial charge >= 0.3 is 11.6 Å². The number of benzene rings is 2. The molecular formula is C22H19NO8. The summed E-state index contributed by atoms with van der Waals surface area (Å²) < 4.78 is 27.0. The van der Waals surface area contributed by atoms with Gasteiger partial charge in [0, 0.05) is 35.7 Å². The van der Waals surface area contributed by atoms with Crippen molar-refractivity contribution in [2.75, 3.05) is 25.6 Å². The first-order valence-corrected chi connectivity index (χ1v) is 9.44. The Balaban J connectivity index is 1.58. The smallest absolute Gasteiger partial charge is 0.338 e. The van der Waals surface area contributed by atoms with Crippen LogP contribution in [0.5, 0.6) is 17.2 Å². The maximum atomic E-state index is 12.6. The minimum Gasteiger partial charge on any atom is -0.493 e. The predicted molar refractivity (Wildman–Crippen MR) is 110 cm³/mol. The third-order valence-electron chi connectivity index (χ3n) is 4.57. The molecule has 2 heterocycles. The summed E-state index contributed by atoms with van der Waals surface area (Å²) in [7, 11) is 1.47. The van der Waals surface area contributed by atoms with Crippen LogP contribution in [-0.4, -0.2) is 32.2 Å². The van der Waals surface area contributed by atoms with Crippen LogP contribution in [0.1, 0.15) is 22.8 Å². The van der Waals surface area contributed by atoms with Crippen molar-refractivity contribution in [2.45, 2.75) is 13.5 Å². The number of carbonyl (C=O) groups excluding carboxylic acids is 2. The van der Waals surface area contributed by atoms with Gasteiger partial charge in [0.25, 0.3) is 0 Å². The highest BCUT2D eigenvalue weighted by Gasteiger charge is 2.22. The third kappa shape index (κ3) is 4.30. The number of methoxy groups -OCH3 is 1. The molecule has 1 aliphatic heterocycles. The zero-order valence-electron chi connectivity index (χ0n) is 16.9. The zero-order valence-corrected chi connectivity index (χ0v) is 16.9. The molecule has 0 aliphatic carbocycles. The fraction of sp³-hybridized carbons (Fsp3) is 0.227. The molecule has 1 N–H and O–H groups in total. The summed E-state index contributed by atoms with van der Waals surface area (Å²) in [6.45, 7) is 1.97. The average molecular weight is 425 g/mol. The van der Waals surface area contributed by atoms with Gasteiger partial charge < -0.3 is 28.7 Å². The van der Waals surface area contributed by atoms with E-state index in [1.54, 1.807) is 12.1 Å². The lowest BCUT2D eigenvalue weighted by molar-refractivity contribution is -0.114. The summed E-state index contributed by atoms with van der Waals surface area (Å²) in [5, 5.41) is 3.21. The number of amides is 1. The number of esters is 1. The molecule has 2 aromatic carbocycles. The van der Waals surface area contributed by atoms with E-state index in [0.717, 1.165) is 0 Å². The van der Waals surface area contributed by atoms with E-state index < -0.39 is 11.6 Å². The molecule has 0 saturated heterocycles. The normalized spacial score (nSPS) is 12.3. The van der Waals surface area contributed by atoms with Crippen LogP contribution < -0.4 is 25.2 Å². The lowest BCUT2D eigenvalue weighted by Gasteiger charge is -2.21. The first-order valence-electron chi connectivity index (χ1n) is 9.44. The van der Waals surface area contributed by atoms with Gasteiger partial charge in [-0.1, -0.05) is 0 Å². The Morgan fingerprint density at radius 3 is 2.68 bits per heavy atom. The minimum absolute atomic E-state index is 0.156. The lowest BCUT2D eigenvalue weighted by atomic mass is 10.1. The Morgan fingerprint density at radius 2 is 1.90 bits per heavy atom. The summed E-state index contributed by atoms with van der Waals surface area (Å²) in [5.41, 5.74) is 0.853. The monoisotopic (exact) mass is 425 g/mol. The van der Waals surface area contributed by atoms with Crippen molar-refractivity contribution in [2.24, 2.45) is 0 Å². The molecule has 160 valence electrons. The maximum absolute atomic E-state index is 12.6. The van der Waals surface area contributed by atoms with E-state index in [9.17, 15) is 14.4 Å². The number of fused-ring (bicyclic) bond motifs is 2. The highest BCUT2D eigenvalue weighted by Crippen LogP contribution is 2.40. The number of hydrogen-bond donors (Lipinski definition) is 1. The van der Waals surface area contributed by atoms with Crippen LogP contribution in [0, 0.1) is 0 Å². The van der Waals surface area contributed by atoms with E-state index in [0.29, 0.717) is 47.1 Å². The van der Waals surface area contributed by atoms with Crippen LogP contribution >= 0.6 is 0 Å². The maximum Gasteiger partial charge on any atom is 0.338 e. The van der Waals surface area contributed by atoms with Crippen LogP contribution in [0.2, 0.25) is 0 Å². The molecule has 0 saturated carbocycles. The van der Waals surface area contributed by atoms with Gasteiger partial charge in [0.15, 0.2) is 11.5 Å². The van der Waals surface area contributed by atoms with Crippen LogP contribution in [0.3, 0.4) is 0 Å². The van der Waals surface area contributed by atoms with E-state index >= 15 is 0 Å².